The molecule has 1 N–H and O–H groups in total. The van der Waals surface area contributed by atoms with E-state index in [-0.39, 0.29) is 0 Å². The summed E-state index contributed by atoms with van der Waals surface area (Å²) in [5.41, 5.74) is 2.14. The van der Waals surface area contributed by atoms with E-state index in [1.165, 1.54) is 0 Å². The molecule has 0 aliphatic rings. The number of hydrogen-bond acceptors (Lipinski definition) is 1. The van der Waals surface area contributed by atoms with Crippen molar-refractivity contribution in [3.8, 4) is 11.8 Å². The Morgan fingerprint density at radius 1 is 1.27 bits per heavy atom. The summed E-state index contributed by atoms with van der Waals surface area (Å²) in [4.78, 5) is 0. The Morgan fingerprint density at radius 2 is 2.00 bits per heavy atom. The van der Waals surface area contributed by atoms with Crippen molar-refractivity contribution >= 4 is 5.69 Å². The summed E-state index contributed by atoms with van der Waals surface area (Å²) >= 11 is 0. The Kier molecular flexibility index (Phi) is 2.57. The number of anilines is 1. The zero-order valence-corrected chi connectivity index (χ0v) is 6.81. The van der Waals surface area contributed by atoms with Gasteiger partial charge in [-0.1, -0.05) is 18.1 Å². The molecule has 0 unspecified atom stereocenters. The van der Waals surface area contributed by atoms with Crippen LogP contribution >= 0.6 is 0 Å². The molecular formula is C10H11N. The van der Waals surface area contributed by atoms with Crippen LogP contribution in [0.25, 0.3) is 0 Å². The van der Waals surface area contributed by atoms with Gasteiger partial charge in [0, 0.05) is 18.3 Å². The lowest BCUT2D eigenvalue weighted by atomic mass is 10.2. The van der Waals surface area contributed by atoms with Crippen LogP contribution in [0.3, 0.4) is 0 Å². The second-order valence-corrected chi connectivity index (χ2v) is 2.17. The molecule has 0 fully saturated rings. The molecular weight excluding hydrogens is 134 g/mol. The molecule has 0 amide bonds. The van der Waals surface area contributed by atoms with Gasteiger partial charge in [-0.2, -0.15) is 0 Å². The lowest BCUT2D eigenvalue weighted by Crippen LogP contribution is -1.90. The third-order valence-corrected chi connectivity index (χ3v) is 1.46. The molecule has 11 heavy (non-hydrogen) atoms. The van der Waals surface area contributed by atoms with E-state index in [2.05, 4.69) is 17.2 Å². The lowest BCUT2D eigenvalue weighted by molar-refractivity contribution is 1.49. The molecule has 1 rings (SSSR count). The van der Waals surface area contributed by atoms with Crippen molar-refractivity contribution in [2.24, 2.45) is 0 Å². The SMILES string of the molecule is CC#Cc1ccccc1NC. The summed E-state index contributed by atoms with van der Waals surface area (Å²) in [6.07, 6.45) is 0. The first-order chi connectivity index (χ1) is 5.38. The van der Waals surface area contributed by atoms with Gasteiger partial charge in [-0.3, -0.25) is 0 Å². The number of para-hydroxylation sites is 1. The lowest BCUT2D eigenvalue weighted by Gasteiger charge is -2.00. The van der Waals surface area contributed by atoms with Crippen molar-refractivity contribution in [3.63, 3.8) is 0 Å². The summed E-state index contributed by atoms with van der Waals surface area (Å²) in [6.45, 7) is 1.84. The van der Waals surface area contributed by atoms with Gasteiger partial charge in [-0.05, 0) is 19.1 Å². The Labute approximate surface area is 67.4 Å². The van der Waals surface area contributed by atoms with Crippen molar-refractivity contribution in [3.05, 3.63) is 29.8 Å². The molecule has 1 aromatic carbocycles. The predicted octanol–water partition coefficient (Wildman–Crippen LogP) is 2.10. The largest absolute Gasteiger partial charge is 0.387 e. The zero-order valence-electron chi connectivity index (χ0n) is 6.81. The minimum atomic E-state index is 1.05. The highest BCUT2D eigenvalue weighted by Gasteiger charge is 1.92. The first-order valence-corrected chi connectivity index (χ1v) is 3.58. The number of benzene rings is 1. The van der Waals surface area contributed by atoms with Crippen molar-refractivity contribution in [1.29, 1.82) is 0 Å². The Balaban J connectivity index is 3.09. The third-order valence-electron chi connectivity index (χ3n) is 1.46. The van der Waals surface area contributed by atoms with Crippen molar-refractivity contribution in [1.82, 2.24) is 0 Å². The van der Waals surface area contributed by atoms with Crippen LogP contribution in [0.15, 0.2) is 24.3 Å². The monoisotopic (exact) mass is 145 g/mol. The van der Waals surface area contributed by atoms with Gasteiger partial charge in [0.2, 0.25) is 0 Å². The molecule has 0 saturated carbocycles. The first kappa shape index (κ1) is 7.68. The van der Waals surface area contributed by atoms with E-state index < -0.39 is 0 Å². The molecule has 56 valence electrons. The normalized spacial score (nSPS) is 8.18. The van der Waals surface area contributed by atoms with Crippen LogP contribution in [0.1, 0.15) is 12.5 Å². The first-order valence-electron chi connectivity index (χ1n) is 3.58. The van der Waals surface area contributed by atoms with E-state index in [0.717, 1.165) is 11.3 Å². The molecule has 0 radical (unpaired) electrons. The summed E-state index contributed by atoms with van der Waals surface area (Å²) in [6, 6.07) is 8.00. The minimum Gasteiger partial charge on any atom is -0.387 e. The van der Waals surface area contributed by atoms with Crippen molar-refractivity contribution in [2.45, 2.75) is 6.92 Å². The molecule has 0 atom stereocenters. The fourth-order valence-corrected chi connectivity index (χ4v) is 0.945. The number of hydrogen-bond donors (Lipinski definition) is 1. The Hall–Kier alpha value is -1.42. The molecule has 0 heterocycles. The van der Waals surface area contributed by atoms with Crippen molar-refractivity contribution in [2.75, 3.05) is 12.4 Å². The minimum absolute atomic E-state index is 1.05. The second kappa shape index (κ2) is 3.68. The molecule has 0 aliphatic heterocycles. The summed E-state index contributed by atoms with van der Waals surface area (Å²) in [5.74, 6) is 5.88. The van der Waals surface area contributed by atoms with Gasteiger partial charge in [0.25, 0.3) is 0 Å². The van der Waals surface area contributed by atoms with E-state index >= 15 is 0 Å². The number of rotatable bonds is 1. The van der Waals surface area contributed by atoms with Crippen LogP contribution in [-0.4, -0.2) is 7.05 Å². The smallest absolute Gasteiger partial charge is 0.0496 e. The van der Waals surface area contributed by atoms with Gasteiger partial charge in [-0.25, -0.2) is 0 Å². The Bertz CT molecular complexity index is 291. The fourth-order valence-electron chi connectivity index (χ4n) is 0.945. The Morgan fingerprint density at radius 3 is 2.64 bits per heavy atom. The summed E-state index contributed by atoms with van der Waals surface area (Å²) in [5, 5.41) is 3.08. The van der Waals surface area contributed by atoms with Crippen LogP contribution < -0.4 is 5.32 Å². The van der Waals surface area contributed by atoms with Crippen LogP contribution in [-0.2, 0) is 0 Å². The van der Waals surface area contributed by atoms with E-state index in [4.69, 9.17) is 0 Å². The highest BCUT2D eigenvalue weighted by Crippen LogP contribution is 2.11. The predicted molar refractivity (Wildman–Crippen MR) is 48.5 cm³/mol. The third kappa shape index (κ3) is 1.75. The van der Waals surface area contributed by atoms with E-state index in [0.29, 0.717) is 0 Å². The maximum Gasteiger partial charge on any atom is 0.0496 e. The molecule has 0 spiro atoms. The number of nitrogens with one attached hydrogen (secondary N) is 1. The van der Waals surface area contributed by atoms with E-state index in [1.54, 1.807) is 0 Å². The summed E-state index contributed by atoms with van der Waals surface area (Å²) < 4.78 is 0. The van der Waals surface area contributed by atoms with Gasteiger partial charge in [0.05, 0.1) is 0 Å². The topological polar surface area (TPSA) is 12.0 Å². The molecule has 1 heteroatoms. The van der Waals surface area contributed by atoms with Gasteiger partial charge in [0.15, 0.2) is 0 Å². The van der Waals surface area contributed by atoms with Gasteiger partial charge >= 0.3 is 0 Å². The fraction of sp³-hybridized carbons (Fsp3) is 0.200. The van der Waals surface area contributed by atoms with Crippen LogP contribution in [0, 0.1) is 11.8 Å². The average molecular weight is 145 g/mol. The zero-order chi connectivity index (χ0) is 8.10. The molecule has 0 aliphatic carbocycles. The molecule has 1 nitrogen and oxygen atoms in total. The van der Waals surface area contributed by atoms with Crippen LogP contribution in [0.4, 0.5) is 5.69 Å². The molecule has 0 bridgehead atoms. The standard InChI is InChI=1S/C10H11N/c1-3-6-9-7-4-5-8-10(9)11-2/h4-5,7-8,11H,1-2H3. The summed E-state index contributed by atoms with van der Waals surface area (Å²) in [7, 11) is 1.90. The second-order valence-electron chi connectivity index (χ2n) is 2.17. The maximum atomic E-state index is 3.08. The highest BCUT2D eigenvalue weighted by molar-refractivity contribution is 5.58. The molecule has 0 saturated heterocycles. The van der Waals surface area contributed by atoms with Gasteiger partial charge in [0.1, 0.15) is 0 Å². The molecule has 1 aromatic rings. The van der Waals surface area contributed by atoms with Crippen molar-refractivity contribution < 1.29 is 0 Å². The molecule has 0 aromatic heterocycles. The van der Waals surface area contributed by atoms with Gasteiger partial charge < -0.3 is 5.32 Å². The quantitative estimate of drug-likeness (QED) is 0.597. The average Bonchev–Trinajstić information content (AvgIpc) is 2.06. The maximum absolute atomic E-state index is 3.08. The van der Waals surface area contributed by atoms with E-state index in [9.17, 15) is 0 Å². The van der Waals surface area contributed by atoms with Gasteiger partial charge in [-0.15, -0.1) is 5.92 Å². The van der Waals surface area contributed by atoms with Crippen LogP contribution in [0.2, 0.25) is 0 Å². The van der Waals surface area contributed by atoms with E-state index in [1.807, 2.05) is 38.2 Å². The highest BCUT2D eigenvalue weighted by atomic mass is 14.8. The van der Waals surface area contributed by atoms with Crippen LogP contribution in [0.5, 0.6) is 0 Å².